The maximum absolute atomic E-state index is 11.1. The van der Waals surface area contributed by atoms with Crippen molar-refractivity contribution in [1.82, 2.24) is 0 Å². The fraction of sp³-hybridized carbons (Fsp3) is 0.778. The number of amides is 1. The highest BCUT2D eigenvalue weighted by Crippen LogP contribution is 1.98. The zero-order chi connectivity index (χ0) is 11.0. The lowest BCUT2D eigenvalue weighted by atomic mass is 10.1. The Kier molecular flexibility index (Phi) is 10.8. The van der Waals surface area contributed by atoms with E-state index in [-0.39, 0.29) is 25.2 Å². The summed E-state index contributed by atoms with van der Waals surface area (Å²) >= 11 is 0. The van der Waals surface area contributed by atoms with E-state index in [4.69, 9.17) is 16.2 Å². The second-order valence-corrected chi connectivity index (χ2v) is 3.13. The van der Waals surface area contributed by atoms with Gasteiger partial charge in [-0.2, -0.15) is 0 Å². The molecule has 0 rings (SSSR count). The molecule has 0 saturated carbocycles. The number of esters is 1. The van der Waals surface area contributed by atoms with Crippen LogP contribution in [0.4, 0.5) is 0 Å². The molecular formula is C9H19ClN2O3. The molecule has 0 aromatic heterocycles. The molecule has 1 atom stereocenters. The van der Waals surface area contributed by atoms with Gasteiger partial charge in [0.15, 0.2) is 0 Å². The number of carbonyl (C=O) groups excluding carboxylic acids is 2. The van der Waals surface area contributed by atoms with Crippen LogP contribution in [0.5, 0.6) is 0 Å². The third-order valence-corrected chi connectivity index (χ3v) is 1.75. The van der Waals surface area contributed by atoms with E-state index >= 15 is 0 Å². The average Bonchev–Trinajstić information content (AvgIpc) is 2.14. The van der Waals surface area contributed by atoms with Gasteiger partial charge in [-0.1, -0.05) is 13.3 Å². The van der Waals surface area contributed by atoms with E-state index in [2.05, 4.69) is 0 Å². The first-order valence-electron chi connectivity index (χ1n) is 4.78. The van der Waals surface area contributed by atoms with Gasteiger partial charge in [-0.15, -0.1) is 12.4 Å². The van der Waals surface area contributed by atoms with Gasteiger partial charge >= 0.3 is 5.97 Å². The molecule has 0 aliphatic heterocycles. The summed E-state index contributed by atoms with van der Waals surface area (Å²) in [6.07, 6.45) is 2.16. The molecule has 1 amide bonds. The first kappa shape index (κ1) is 16.6. The molecule has 1 unspecified atom stereocenters. The smallest absolute Gasteiger partial charge is 0.322 e. The minimum Gasteiger partial charge on any atom is -0.465 e. The van der Waals surface area contributed by atoms with E-state index in [0.717, 1.165) is 12.8 Å². The van der Waals surface area contributed by atoms with Gasteiger partial charge in [-0.25, -0.2) is 0 Å². The number of ether oxygens (including phenoxy) is 1. The zero-order valence-electron chi connectivity index (χ0n) is 8.90. The summed E-state index contributed by atoms with van der Waals surface area (Å²) in [5.74, 6) is -0.915. The molecule has 0 heterocycles. The molecule has 4 N–H and O–H groups in total. The fourth-order valence-electron chi connectivity index (χ4n) is 0.840. The molecule has 0 aromatic carbocycles. The standard InChI is InChI=1S/C9H18N2O3.ClH/c1-2-3-6-14-9(13)7(10)4-5-8(11)12;/h7H,2-6,10H2,1H3,(H2,11,12);1H. The number of unbranched alkanes of at least 4 members (excludes halogenated alkanes) is 1. The highest BCUT2D eigenvalue weighted by Gasteiger charge is 2.15. The second kappa shape index (κ2) is 9.73. The summed E-state index contributed by atoms with van der Waals surface area (Å²) in [6, 6.07) is -0.737. The molecule has 6 heteroatoms. The molecule has 15 heavy (non-hydrogen) atoms. The highest BCUT2D eigenvalue weighted by molar-refractivity contribution is 5.85. The summed E-state index contributed by atoms with van der Waals surface area (Å²) in [4.78, 5) is 21.5. The number of halogens is 1. The quantitative estimate of drug-likeness (QED) is 0.494. The zero-order valence-corrected chi connectivity index (χ0v) is 9.72. The first-order valence-corrected chi connectivity index (χ1v) is 4.78. The summed E-state index contributed by atoms with van der Waals surface area (Å²) in [6.45, 7) is 2.39. The van der Waals surface area contributed by atoms with Crippen molar-refractivity contribution in [2.75, 3.05) is 6.61 Å². The monoisotopic (exact) mass is 238 g/mol. The van der Waals surface area contributed by atoms with Crippen molar-refractivity contribution in [2.24, 2.45) is 11.5 Å². The molecule has 0 fully saturated rings. The van der Waals surface area contributed by atoms with Crippen LogP contribution in [0.3, 0.4) is 0 Å². The van der Waals surface area contributed by atoms with Crippen molar-refractivity contribution in [3.8, 4) is 0 Å². The van der Waals surface area contributed by atoms with E-state index < -0.39 is 17.9 Å². The third-order valence-electron chi connectivity index (χ3n) is 1.75. The third kappa shape index (κ3) is 9.49. The predicted octanol–water partition coefficient (Wildman–Crippen LogP) is 0.344. The van der Waals surface area contributed by atoms with Crippen LogP contribution >= 0.6 is 12.4 Å². The van der Waals surface area contributed by atoms with Crippen molar-refractivity contribution >= 4 is 24.3 Å². The number of hydrogen-bond acceptors (Lipinski definition) is 4. The average molecular weight is 239 g/mol. The number of hydrogen-bond donors (Lipinski definition) is 2. The first-order chi connectivity index (χ1) is 6.57. The molecule has 0 aromatic rings. The van der Waals surface area contributed by atoms with Crippen molar-refractivity contribution < 1.29 is 14.3 Å². The Bertz CT molecular complexity index is 200. The number of rotatable bonds is 7. The lowest BCUT2D eigenvalue weighted by Gasteiger charge is -2.09. The van der Waals surface area contributed by atoms with E-state index in [1.165, 1.54) is 0 Å². The van der Waals surface area contributed by atoms with Gasteiger partial charge in [0.2, 0.25) is 5.91 Å². The van der Waals surface area contributed by atoms with Crippen LogP contribution in [-0.2, 0) is 14.3 Å². The molecule has 0 radical (unpaired) electrons. The van der Waals surface area contributed by atoms with Gasteiger partial charge < -0.3 is 16.2 Å². The molecule has 0 aliphatic rings. The van der Waals surface area contributed by atoms with Crippen LogP contribution in [0, 0.1) is 0 Å². The van der Waals surface area contributed by atoms with Gasteiger partial charge in [0.25, 0.3) is 0 Å². The fourth-order valence-corrected chi connectivity index (χ4v) is 0.840. The van der Waals surface area contributed by atoms with Crippen molar-refractivity contribution in [2.45, 2.75) is 38.6 Å². The lowest BCUT2D eigenvalue weighted by Crippen LogP contribution is -2.33. The topological polar surface area (TPSA) is 95.4 Å². The van der Waals surface area contributed by atoms with Crippen LogP contribution < -0.4 is 11.5 Å². The SMILES string of the molecule is CCCCOC(=O)C(N)CCC(N)=O.Cl. The molecular weight excluding hydrogens is 220 g/mol. The van der Waals surface area contributed by atoms with Crippen LogP contribution in [0.25, 0.3) is 0 Å². The predicted molar refractivity (Wildman–Crippen MR) is 59.5 cm³/mol. The van der Waals surface area contributed by atoms with Gasteiger partial charge in [0.1, 0.15) is 6.04 Å². The second-order valence-electron chi connectivity index (χ2n) is 3.13. The van der Waals surface area contributed by atoms with Crippen molar-refractivity contribution in [3.63, 3.8) is 0 Å². The summed E-state index contributed by atoms with van der Waals surface area (Å²) < 4.78 is 4.86. The summed E-state index contributed by atoms with van der Waals surface area (Å²) in [7, 11) is 0. The molecule has 0 aliphatic carbocycles. The normalized spacial score (nSPS) is 11.3. The van der Waals surface area contributed by atoms with E-state index in [9.17, 15) is 9.59 Å². The van der Waals surface area contributed by atoms with Crippen molar-refractivity contribution in [3.05, 3.63) is 0 Å². The number of carbonyl (C=O) groups is 2. The Morgan fingerprint density at radius 3 is 2.47 bits per heavy atom. The van der Waals surface area contributed by atoms with Crippen LogP contribution in [0.2, 0.25) is 0 Å². The summed E-state index contributed by atoms with van der Waals surface area (Å²) in [5, 5.41) is 0. The maximum Gasteiger partial charge on any atom is 0.322 e. The molecule has 0 bridgehead atoms. The molecule has 0 spiro atoms. The van der Waals surface area contributed by atoms with Gasteiger partial charge in [0, 0.05) is 6.42 Å². The largest absolute Gasteiger partial charge is 0.465 e. The van der Waals surface area contributed by atoms with E-state index in [1.807, 2.05) is 6.92 Å². The summed E-state index contributed by atoms with van der Waals surface area (Å²) in [5.41, 5.74) is 10.4. The Hall–Kier alpha value is -0.810. The van der Waals surface area contributed by atoms with Gasteiger partial charge in [-0.05, 0) is 12.8 Å². The van der Waals surface area contributed by atoms with Gasteiger partial charge in [-0.3, -0.25) is 9.59 Å². The Balaban J connectivity index is 0. The highest BCUT2D eigenvalue weighted by atomic mass is 35.5. The lowest BCUT2D eigenvalue weighted by molar-refractivity contribution is -0.145. The van der Waals surface area contributed by atoms with E-state index in [1.54, 1.807) is 0 Å². The maximum atomic E-state index is 11.1. The molecule has 5 nitrogen and oxygen atoms in total. The number of primary amides is 1. The Morgan fingerprint density at radius 2 is 2.00 bits per heavy atom. The van der Waals surface area contributed by atoms with Crippen molar-refractivity contribution in [1.29, 1.82) is 0 Å². The minimum atomic E-state index is -0.737. The van der Waals surface area contributed by atoms with Crippen LogP contribution in [0.15, 0.2) is 0 Å². The number of nitrogens with two attached hydrogens (primary N) is 2. The van der Waals surface area contributed by atoms with E-state index in [0.29, 0.717) is 6.61 Å². The Labute approximate surface area is 95.9 Å². The molecule has 0 saturated heterocycles. The van der Waals surface area contributed by atoms with Crippen LogP contribution in [-0.4, -0.2) is 24.5 Å². The van der Waals surface area contributed by atoms with Crippen LogP contribution in [0.1, 0.15) is 32.6 Å². The molecule has 90 valence electrons. The Morgan fingerprint density at radius 1 is 1.40 bits per heavy atom. The van der Waals surface area contributed by atoms with Gasteiger partial charge in [0.05, 0.1) is 6.61 Å². The minimum absolute atomic E-state index is 0.